The maximum Gasteiger partial charge on any atom is 0.129 e. The van der Waals surface area contributed by atoms with Gasteiger partial charge in [-0.1, -0.05) is 30.3 Å². The third kappa shape index (κ3) is 2.83. The van der Waals surface area contributed by atoms with E-state index in [-0.39, 0.29) is 0 Å². The zero-order chi connectivity index (χ0) is 12.3. The summed E-state index contributed by atoms with van der Waals surface area (Å²) in [5.74, 6) is 1.26. The minimum Gasteiger partial charge on any atom is -0.507 e. The molecular weight excluding hydrogens is 228 g/mol. The summed E-state index contributed by atoms with van der Waals surface area (Å²) in [5.41, 5.74) is 3.99. The fourth-order valence-electron chi connectivity index (χ4n) is 1.81. The first-order chi connectivity index (χ1) is 8.18. The van der Waals surface area contributed by atoms with Crippen molar-refractivity contribution in [2.24, 2.45) is 0 Å². The molecule has 0 spiro atoms. The molecule has 88 valence electrons. The molecule has 0 saturated carbocycles. The Hall–Kier alpha value is -1.41. The van der Waals surface area contributed by atoms with Crippen LogP contribution in [0, 0.1) is 13.8 Å². The van der Waals surface area contributed by atoms with E-state index in [1.54, 1.807) is 17.8 Å². The summed E-state index contributed by atoms with van der Waals surface area (Å²) in [7, 11) is 0. The highest BCUT2D eigenvalue weighted by atomic mass is 32.2. The number of aryl methyl sites for hydroxylation is 2. The minimum atomic E-state index is 0.365. The number of rotatable bonds is 3. The number of phenolic OH excluding ortho intramolecular Hbond substituents is 1. The van der Waals surface area contributed by atoms with Gasteiger partial charge >= 0.3 is 0 Å². The van der Waals surface area contributed by atoms with Crippen molar-refractivity contribution in [2.45, 2.75) is 24.5 Å². The zero-order valence-electron chi connectivity index (χ0n) is 10.1. The lowest BCUT2D eigenvalue weighted by Gasteiger charge is -2.09. The normalized spacial score (nSPS) is 10.5. The van der Waals surface area contributed by atoms with Crippen LogP contribution in [-0.2, 0) is 5.75 Å². The molecule has 0 aromatic heterocycles. The molecule has 2 heteroatoms. The number of para-hydroxylation sites is 1. The molecule has 1 N–H and O–H groups in total. The molecule has 0 amide bonds. The van der Waals surface area contributed by atoms with Crippen LogP contribution in [-0.4, -0.2) is 5.11 Å². The van der Waals surface area contributed by atoms with Crippen molar-refractivity contribution in [2.75, 3.05) is 0 Å². The molecular formula is C15H16OS. The van der Waals surface area contributed by atoms with Gasteiger partial charge in [0.1, 0.15) is 5.75 Å². The van der Waals surface area contributed by atoms with Gasteiger partial charge in [0.2, 0.25) is 0 Å². The second-order valence-corrected chi connectivity index (χ2v) is 5.14. The Kier molecular flexibility index (Phi) is 3.75. The maximum absolute atomic E-state index is 9.71. The van der Waals surface area contributed by atoms with Gasteiger partial charge in [0, 0.05) is 10.6 Å². The van der Waals surface area contributed by atoms with Crippen LogP contribution in [0.15, 0.2) is 47.4 Å². The lowest BCUT2D eigenvalue weighted by Crippen LogP contribution is -1.90. The molecule has 0 radical (unpaired) electrons. The summed E-state index contributed by atoms with van der Waals surface area (Å²) in [5, 5.41) is 9.71. The second kappa shape index (κ2) is 5.28. The summed E-state index contributed by atoms with van der Waals surface area (Å²) in [6, 6.07) is 13.8. The van der Waals surface area contributed by atoms with Crippen LogP contribution in [0.5, 0.6) is 5.75 Å². The van der Waals surface area contributed by atoms with Crippen molar-refractivity contribution in [1.29, 1.82) is 0 Å². The number of phenols is 1. The quantitative estimate of drug-likeness (QED) is 0.812. The van der Waals surface area contributed by atoms with Crippen molar-refractivity contribution in [1.82, 2.24) is 0 Å². The van der Waals surface area contributed by atoms with Crippen LogP contribution in [0.1, 0.15) is 16.7 Å². The number of aromatic hydroxyl groups is 1. The van der Waals surface area contributed by atoms with Crippen molar-refractivity contribution in [3.05, 3.63) is 59.2 Å². The fourth-order valence-corrected chi connectivity index (χ4v) is 2.95. The highest BCUT2D eigenvalue weighted by Crippen LogP contribution is 2.31. The van der Waals surface area contributed by atoms with Gasteiger partial charge < -0.3 is 5.11 Å². The molecule has 0 atom stereocenters. The van der Waals surface area contributed by atoms with E-state index >= 15 is 0 Å². The van der Waals surface area contributed by atoms with Crippen LogP contribution in [0.4, 0.5) is 0 Å². The van der Waals surface area contributed by atoms with Crippen LogP contribution in [0.25, 0.3) is 0 Å². The largest absolute Gasteiger partial charge is 0.507 e. The van der Waals surface area contributed by atoms with Gasteiger partial charge in [0.25, 0.3) is 0 Å². The second-order valence-electron chi connectivity index (χ2n) is 4.13. The van der Waals surface area contributed by atoms with Crippen LogP contribution in [0.2, 0.25) is 0 Å². The van der Waals surface area contributed by atoms with Gasteiger partial charge in [-0.15, -0.1) is 11.8 Å². The van der Waals surface area contributed by atoms with Crippen LogP contribution in [0.3, 0.4) is 0 Å². The number of benzene rings is 2. The van der Waals surface area contributed by atoms with Crippen molar-refractivity contribution < 1.29 is 5.11 Å². The number of thioether (sulfide) groups is 1. The molecule has 0 aliphatic heterocycles. The molecule has 0 aliphatic carbocycles. The Bertz CT molecular complexity index is 500. The third-order valence-electron chi connectivity index (χ3n) is 2.88. The SMILES string of the molecule is Cc1cccc(C)c1CSc1ccccc1O. The van der Waals surface area contributed by atoms with E-state index in [1.807, 2.05) is 18.2 Å². The van der Waals surface area contributed by atoms with Gasteiger partial charge in [0.15, 0.2) is 0 Å². The molecule has 1 nitrogen and oxygen atoms in total. The maximum atomic E-state index is 9.71. The average molecular weight is 244 g/mol. The lowest BCUT2D eigenvalue weighted by molar-refractivity contribution is 0.462. The van der Waals surface area contributed by atoms with Crippen molar-refractivity contribution >= 4 is 11.8 Å². The first kappa shape index (κ1) is 12.1. The van der Waals surface area contributed by atoms with Gasteiger partial charge in [-0.25, -0.2) is 0 Å². The Morgan fingerprint density at radius 2 is 1.59 bits per heavy atom. The minimum absolute atomic E-state index is 0.365. The predicted molar refractivity (Wildman–Crippen MR) is 73.6 cm³/mol. The summed E-state index contributed by atoms with van der Waals surface area (Å²) in [4.78, 5) is 0.940. The smallest absolute Gasteiger partial charge is 0.129 e. The van der Waals surface area contributed by atoms with E-state index < -0.39 is 0 Å². The van der Waals surface area contributed by atoms with Crippen molar-refractivity contribution in [3.8, 4) is 5.75 Å². The topological polar surface area (TPSA) is 20.2 Å². The summed E-state index contributed by atoms with van der Waals surface area (Å²) in [6.07, 6.45) is 0. The van der Waals surface area contributed by atoms with E-state index in [1.165, 1.54) is 16.7 Å². The highest BCUT2D eigenvalue weighted by molar-refractivity contribution is 7.98. The fraction of sp³-hybridized carbons (Fsp3) is 0.200. The van der Waals surface area contributed by atoms with Gasteiger partial charge in [-0.2, -0.15) is 0 Å². The molecule has 0 aliphatic rings. The van der Waals surface area contributed by atoms with Crippen LogP contribution >= 0.6 is 11.8 Å². The van der Waals surface area contributed by atoms with Gasteiger partial charge in [0.05, 0.1) is 0 Å². The molecule has 0 bridgehead atoms. The van der Waals surface area contributed by atoms with E-state index in [0.717, 1.165) is 10.6 Å². The van der Waals surface area contributed by atoms with E-state index in [0.29, 0.717) is 5.75 Å². The monoisotopic (exact) mass is 244 g/mol. The Morgan fingerprint density at radius 3 is 2.24 bits per heavy atom. The van der Waals surface area contributed by atoms with E-state index in [2.05, 4.69) is 32.0 Å². The number of hydrogen-bond donors (Lipinski definition) is 1. The molecule has 17 heavy (non-hydrogen) atoms. The molecule has 2 rings (SSSR count). The Labute approximate surface area is 107 Å². The molecule has 0 saturated heterocycles. The van der Waals surface area contributed by atoms with Crippen molar-refractivity contribution in [3.63, 3.8) is 0 Å². The predicted octanol–water partition coefficient (Wildman–Crippen LogP) is 4.30. The average Bonchev–Trinajstić information content (AvgIpc) is 2.30. The molecule has 0 fully saturated rings. The summed E-state index contributed by atoms with van der Waals surface area (Å²) in [6.45, 7) is 4.27. The summed E-state index contributed by atoms with van der Waals surface area (Å²) < 4.78 is 0. The molecule has 2 aromatic rings. The Balaban J connectivity index is 2.16. The lowest BCUT2D eigenvalue weighted by atomic mass is 10.1. The first-order valence-corrected chi connectivity index (χ1v) is 6.63. The van der Waals surface area contributed by atoms with E-state index in [4.69, 9.17) is 0 Å². The van der Waals surface area contributed by atoms with Gasteiger partial charge in [-0.05, 0) is 42.7 Å². The Morgan fingerprint density at radius 1 is 0.941 bits per heavy atom. The standard InChI is InChI=1S/C15H16OS/c1-11-6-5-7-12(2)13(11)10-17-15-9-4-3-8-14(15)16/h3-9,16H,10H2,1-2H3. The molecule has 0 heterocycles. The van der Waals surface area contributed by atoms with Crippen LogP contribution < -0.4 is 0 Å². The van der Waals surface area contributed by atoms with E-state index in [9.17, 15) is 5.11 Å². The first-order valence-electron chi connectivity index (χ1n) is 5.64. The molecule has 2 aromatic carbocycles. The third-order valence-corrected chi connectivity index (χ3v) is 3.97. The summed E-state index contributed by atoms with van der Waals surface area (Å²) >= 11 is 1.68. The van der Waals surface area contributed by atoms with Gasteiger partial charge in [-0.3, -0.25) is 0 Å². The zero-order valence-corrected chi connectivity index (χ0v) is 10.9. The highest BCUT2D eigenvalue weighted by Gasteiger charge is 2.05. The molecule has 0 unspecified atom stereocenters. The number of hydrogen-bond acceptors (Lipinski definition) is 2.